The molecular formula is C11H19N3O2. The molecule has 1 aromatic rings. The van der Waals surface area contributed by atoms with Gasteiger partial charge in [0.15, 0.2) is 5.69 Å². The minimum absolute atomic E-state index is 0.105. The third-order valence-corrected chi connectivity index (χ3v) is 2.57. The van der Waals surface area contributed by atoms with E-state index < -0.39 is 5.97 Å². The van der Waals surface area contributed by atoms with Crippen molar-refractivity contribution >= 4 is 11.7 Å². The summed E-state index contributed by atoms with van der Waals surface area (Å²) in [4.78, 5) is 11.8. The number of nitrogens with zero attached hydrogens (tertiary/aromatic N) is 2. The summed E-state index contributed by atoms with van der Waals surface area (Å²) < 4.78 is 6.71. The maximum absolute atomic E-state index is 11.8. The van der Waals surface area contributed by atoms with Gasteiger partial charge in [-0.05, 0) is 19.8 Å². The van der Waals surface area contributed by atoms with Gasteiger partial charge in [0.2, 0.25) is 0 Å². The summed E-state index contributed by atoms with van der Waals surface area (Å²) in [6, 6.07) is 0. The van der Waals surface area contributed by atoms with Crippen molar-refractivity contribution in [3.05, 3.63) is 11.4 Å². The van der Waals surface area contributed by atoms with Crippen LogP contribution >= 0.6 is 0 Å². The molecule has 1 unspecified atom stereocenters. The van der Waals surface area contributed by atoms with Crippen molar-refractivity contribution in [2.24, 2.45) is 7.05 Å². The molecule has 0 fully saturated rings. The number of hydrogen-bond donors (Lipinski definition) is 1. The average Bonchev–Trinajstić information content (AvgIpc) is 2.53. The fourth-order valence-corrected chi connectivity index (χ4v) is 1.42. The van der Waals surface area contributed by atoms with E-state index in [9.17, 15) is 4.79 Å². The summed E-state index contributed by atoms with van der Waals surface area (Å²) in [5.41, 5.74) is 7.36. The van der Waals surface area contributed by atoms with E-state index in [0.29, 0.717) is 17.8 Å². The molecule has 0 aliphatic carbocycles. The number of nitrogen functional groups attached to an aromatic ring is 1. The van der Waals surface area contributed by atoms with Crippen LogP contribution in [0.3, 0.4) is 0 Å². The molecule has 0 spiro atoms. The lowest BCUT2D eigenvalue weighted by Gasteiger charge is -2.11. The van der Waals surface area contributed by atoms with Crippen LogP contribution in [0, 0.1) is 0 Å². The van der Waals surface area contributed by atoms with Crippen molar-refractivity contribution in [3.63, 3.8) is 0 Å². The number of carbonyl (C=O) groups excluding carboxylic acids is 1. The van der Waals surface area contributed by atoms with Crippen LogP contribution in [0.15, 0.2) is 0 Å². The number of rotatable bonds is 4. The first-order chi connectivity index (χ1) is 7.51. The molecule has 0 aliphatic rings. The normalized spacial score (nSPS) is 12.5. The largest absolute Gasteiger partial charge is 0.458 e. The Bertz CT molecular complexity index is 385. The first-order valence-electron chi connectivity index (χ1n) is 5.53. The Hall–Kier alpha value is -1.52. The summed E-state index contributed by atoms with van der Waals surface area (Å²) in [5, 5.41) is 4.17. The Morgan fingerprint density at radius 2 is 2.19 bits per heavy atom. The van der Waals surface area contributed by atoms with Gasteiger partial charge in [0, 0.05) is 7.05 Å². The number of hydrogen-bond acceptors (Lipinski definition) is 4. The molecule has 0 saturated heterocycles. The zero-order valence-electron chi connectivity index (χ0n) is 10.3. The molecule has 0 aliphatic heterocycles. The van der Waals surface area contributed by atoms with E-state index >= 15 is 0 Å². The monoisotopic (exact) mass is 225 g/mol. The molecule has 0 aromatic carbocycles. The van der Waals surface area contributed by atoms with Crippen molar-refractivity contribution in [2.45, 2.75) is 39.7 Å². The Balaban J connectivity index is 2.95. The van der Waals surface area contributed by atoms with Gasteiger partial charge in [0.25, 0.3) is 0 Å². The van der Waals surface area contributed by atoms with Crippen LogP contribution in [0.1, 0.15) is 43.4 Å². The van der Waals surface area contributed by atoms with E-state index in [2.05, 4.69) is 5.10 Å². The van der Waals surface area contributed by atoms with Gasteiger partial charge in [-0.3, -0.25) is 4.68 Å². The molecule has 5 heteroatoms. The van der Waals surface area contributed by atoms with E-state index in [4.69, 9.17) is 10.5 Å². The second-order valence-corrected chi connectivity index (χ2v) is 3.81. The van der Waals surface area contributed by atoms with E-state index in [1.165, 1.54) is 4.68 Å². The third kappa shape index (κ3) is 2.35. The van der Waals surface area contributed by atoms with Crippen LogP contribution in [0.4, 0.5) is 5.69 Å². The number of aromatic nitrogens is 2. The maximum Gasteiger partial charge on any atom is 0.359 e. The lowest BCUT2D eigenvalue weighted by atomic mass is 10.2. The highest BCUT2D eigenvalue weighted by atomic mass is 16.5. The predicted molar refractivity (Wildman–Crippen MR) is 62.2 cm³/mol. The van der Waals surface area contributed by atoms with Gasteiger partial charge < -0.3 is 10.5 Å². The minimum Gasteiger partial charge on any atom is -0.458 e. The molecule has 16 heavy (non-hydrogen) atoms. The molecule has 0 amide bonds. The lowest BCUT2D eigenvalue weighted by Crippen LogP contribution is -2.18. The molecule has 90 valence electrons. The molecular weight excluding hydrogens is 206 g/mol. The highest BCUT2D eigenvalue weighted by molar-refractivity contribution is 5.93. The molecule has 0 saturated carbocycles. The Labute approximate surface area is 95.6 Å². The molecule has 0 radical (unpaired) electrons. The fourth-order valence-electron chi connectivity index (χ4n) is 1.42. The molecule has 1 atom stereocenters. The Kier molecular flexibility index (Phi) is 3.93. The summed E-state index contributed by atoms with van der Waals surface area (Å²) in [6.07, 6.45) is 1.38. The van der Waals surface area contributed by atoms with E-state index in [1.54, 1.807) is 7.05 Å². The quantitative estimate of drug-likeness (QED) is 0.789. The van der Waals surface area contributed by atoms with Crippen molar-refractivity contribution < 1.29 is 9.53 Å². The second kappa shape index (κ2) is 5.01. The highest BCUT2D eigenvalue weighted by Crippen LogP contribution is 2.18. The summed E-state index contributed by atoms with van der Waals surface area (Å²) >= 11 is 0. The number of aryl methyl sites for hydroxylation is 2. The predicted octanol–water partition coefficient (Wildman–Crippen LogP) is 1.52. The highest BCUT2D eigenvalue weighted by Gasteiger charge is 2.21. The van der Waals surface area contributed by atoms with Crippen LogP contribution in [0.2, 0.25) is 0 Å². The molecule has 5 nitrogen and oxygen atoms in total. The van der Waals surface area contributed by atoms with Gasteiger partial charge in [0.05, 0.1) is 17.5 Å². The van der Waals surface area contributed by atoms with Crippen LogP contribution in [0.25, 0.3) is 0 Å². The minimum atomic E-state index is -0.401. The summed E-state index contributed by atoms with van der Waals surface area (Å²) in [5.74, 6) is -0.401. The van der Waals surface area contributed by atoms with E-state index in [-0.39, 0.29) is 6.10 Å². The topological polar surface area (TPSA) is 70.1 Å². The van der Waals surface area contributed by atoms with Crippen LogP contribution in [0.5, 0.6) is 0 Å². The zero-order chi connectivity index (χ0) is 12.3. The number of ether oxygens (including phenoxy) is 1. The van der Waals surface area contributed by atoms with Crippen molar-refractivity contribution in [1.29, 1.82) is 0 Å². The SMILES string of the molecule is CCc1nn(C)c(C(=O)OC(C)CC)c1N. The summed E-state index contributed by atoms with van der Waals surface area (Å²) in [6.45, 7) is 5.76. The molecule has 0 bridgehead atoms. The Morgan fingerprint density at radius 1 is 1.56 bits per heavy atom. The first-order valence-corrected chi connectivity index (χ1v) is 5.53. The number of carbonyl (C=O) groups is 1. The van der Waals surface area contributed by atoms with Crippen LogP contribution < -0.4 is 5.73 Å². The third-order valence-electron chi connectivity index (χ3n) is 2.57. The fraction of sp³-hybridized carbons (Fsp3) is 0.636. The molecule has 1 heterocycles. The van der Waals surface area contributed by atoms with E-state index in [0.717, 1.165) is 12.1 Å². The maximum atomic E-state index is 11.8. The smallest absolute Gasteiger partial charge is 0.359 e. The molecule has 1 aromatic heterocycles. The molecule has 1 rings (SSSR count). The van der Waals surface area contributed by atoms with Crippen LogP contribution in [-0.2, 0) is 18.2 Å². The first kappa shape index (κ1) is 12.5. The van der Waals surface area contributed by atoms with Crippen molar-refractivity contribution in [1.82, 2.24) is 9.78 Å². The van der Waals surface area contributed by atoms with Gasteiger partial charge in [-0.25, -0.2) is 4.79 Å². The van der Waals surface area contributed by atoms with Gasteiger partial charge in [-0.2, -0.15) is 5.10 Å². The number of esters is 1. The lowest BCUT2D eigenvalue weighted by molar-refractivity contribution is 0.0323. The van der Waals surface area contributed by atoms with Gasteiger partial charge in [-0.15, -0.1) is 0 Å². The standard InChI is InChI=1S/C11H19N3O2/c1-5-7(3)16-11(15)10-9(12)8(6-2)13-14(10)4/h7H,5-6,12H2,1-4H3. The van der Waals surface area contributed by atoms with Gasteiger partial charge in [-0.1, -0.05) is 13.8 Å². The van der Waals surface area contributed by atoms with Crippen LogP contribution in [-0.4, -0.2) is 21.9 Å². The Morgan fingerprint density at radius 3 is 2.62 bits per heavy atom. The number of anilines is 1. The zero-order valence-corrected chi connectivity index (χ0v) is 10.3. The number of nitrogens with two attached hydrogens (primary N) is 1. The van der Waals surface area contributed by atoms with Crippen molar-refractivity contribution in [2.75, 3.05) is 5.73 Å². The average molecular weight is 225 g/mol. The van der Waals surface area contributed by atoms with Gasteiger partial charge >= 0.3 is 5.97 Å². The van der Waals surface area contributed by atoms with E-state index in [1.807, 2.05) is 20.8 Å². The molecule has 2 N–H and O–H groups in total. The summed E-state index contributed by atoms with van der Waals surface area (Å²) in [7, 11) is 1.70. The van der Waals surface area contributed by atoms with Crippen molar-refractivity contribution in [3.8, 4) is 0 Å². The van der Waals surface area contributed by atoms with Gasteiger partial charge in [0.1, 0.15) is 0 Å². The second-order valence-electron chi connectivity index (χ2n) is 3.81.